The zero-order valence-corrected chi connectivity index (χ0v) is 14.9. The van der Waals surface area contributed by atoms with Gasteiger partial charge in [-0.3, -0.25) is 0 Å². The highest BCUT2D eigenvalue weighted by atomic mass is 35.5. The van der Waals surface area contributed by atoms with E-state index in [0.29, 0.717) is 5.37 Å². The lowest BCUT2D eigenvalue weighted by molar-refractivity contribution is 0.295. The van der Waals surface area contributed by atoms with Crippen molar-refractivity contribution in [2.45, 2.75) is 38.0 Å². The first-order valence-corrected chi connectivity index (χ1v) is 9.63. The van der Waals surface area contributed by atoms with Crippen LogP contribution in [0.5, 0.6) is 0 Å². The van der Waals surface area contributed by atoms with Crippen molar-refractivity contribution < 1.29 is 0 Å². The number of halogens is 1. The molecule has 2 aliphatic rings. The van der Waals surface area contributed by atoms with Gasteiger partial charge < -0.3 is 9.80 Å². The van der Waals surface area contributed by atoms with E-state index in [4.69, 9.17) is 11.6 Å². The molecule has 1 atom stereocenters. The molecule has 3 rings (SSSR count). The number of hydrogen-bond acceptors (Lipinski definition) is 3. The Morgan fingerprint density at radius 2 is 1.77 bits per heavy atom. The van der Waals surface area contributed by atoms with Crippen LogP contribution in [0, 0.1) is 0 Å². The molecule has 4 heteroatoms. The summed E-state index contributed by atoms with van der Waals surface area (Å²) in [5.41, 5.74) is 2.74. The minimum atomic E-state index is 0.420. The third-order valence-electron chi connectivity index (χ3n) is 4.58. The van der Waals surface area contributed by atoms with E-state index in [0.717, 1.165) is 11.6 Å². The quantitative estimate of drug-likeness (QED) is 0.665. The lowest BCUT2D eigenvalue weighted by Gasteiger charge is -2.28. The van der Waals surface area contributed by atoms with Crippen molar-refractivity contribution in [2.75, 3.05) is 26.2 Å². The molecule has 0 aromatic heterocycles. The van der Waals surface area contributed by atoms with Crippen molar-refractivity contribution in [3.05, 3.63) is 46.0 Å². The third kappa shape index (κ3) is 4.01. The predicted molar refractivity (Wildman–Crippen MR) is 97.2 cm³/mol. The second kappa shape index (κ2) is 7.76. The number of likely N-dealkylation sites (tertiary alicyclic amines) is 1. The van der Waals surface area contributed by atoms with Crippen LogP contribution in [0.15, 0.2) is 35.4 Å². The molecule has 2 nitrogen and oxygen atoms in total. The number of rotatable bonds is 6. The summed E-state index contributed by atoms with van der Waals surface area (Å²) >= 11 is 7.92. The van der Waals surface area contributed by atoms with Gasteiger partial charge in [0, 0.05) is 17.3 Å². The zero-order valence-electron chi connectivity index (χ0n) is 13.3. The maximum atomic E-state index is 6.01. The van der Waals surface area contributed by atoms with Gasteiger partial charge in [0.05, 0.1) is 0 Å². The molecule has 0 saturated carbocycles. The van der Waals surface area contributed by atoms with Crippen LogP contribution < -0.4 is 0 Å². The van der Waals surface area contributed by atoms with Crippen LogP contribution in [-0.2, 0) is 0 Å². The normalized spacial score (nSPS) is 22.4. The number of nitrogens with zero attached hydrogens (tertiary/aromatic N) is 2. The molecular formula is C18H25ClN2S. The molecule has 120 valence electrons. The van der Waals surface area contributed by atoms with Crippen LogP contribution in [0.2, 0.25) is 5.02 Å². The molecule has 0 aliphatic carbocycles. The maximum Gasteiger partial charge on any atom is 0.104 e. The Balaban J connectivity index is 1.51. The highest BCUT2D eigenvalue weighted by Crippen LogP contribution is 2.42. The van der Waals surface area contributed by atoms with Gasteiger partial charge in [0.15, 0.2) is 0 Å². The van der Waals surface area contributed by atoms with E-state index in [-0.39, 0.29) is 0 Å². The van der Waals surface area contributed by atoms with E-state index in [1.807, 2.05) is 23.9 Å². The molecule has 1 aromatic rings. The topological polar surface area (TPSA) is 6.48 Å². The summed E-state index contributed by atoms with van der Waals surface area (Å²) in [6, 6.07) is 8.31. The summed E-state index contributed by atoms with van der Waals surface area (Å²) in [6.45, 7) is 7.27. The third-order valence-corrected chi connectivity index (χ3v) is 6.09. The van der Waals surface area contributed by atoms with Crippen LogP contribution in [0.25, 0.3) is 0 Å². The monoisotopic (exact) mass is 336 g/mol. The van der Waals surface area contributed by atoms with E-state index >= 15 is 0 Å². The van der Waals surface area contributed by atoms with Crippen LogP contribution in [0.3, 0.4) is 0 Å². The highest BCUT2D eigenvalue weighted by molar-refractivity contribution is 8.02. The fraction of sp³-hybridized carbons (Fsp3) is 0.556. The van der Waals surface area contributed by atoms with Gasteiger partial charge in [0.2, 0.25) is 0 Å². The van der Waals surface area contributed by atoms with Gasteiger partial charge in [-0.25, -0.2) is 0 Å². The minimum Gasteiger partial charge on any atom is -0.358 e. The molecule has 2 aliphatic heterocycles. The van der Waals surface area contributed by atoms with Crippen LogP contribution >= 0.6 is 23.4 Å². The Hall–Kier alpha value is -0.640. The van der Waals surface area contributed by atoms with Crippen molar-refractivity contribution in [1.82, 2.24) is 9.80 Å². The highest BCUT2D eigenvalue weighted by Gasteiger charge is 2.25. The first kappa shape index (κ1) is 16.2. The standard InChI is InChI=1S/C18H25ClN2S/c1-15-14-22-18(16-6-8-17(19)9-7-16)21(15)13-5-4-12-20-10-2-3-11-20/h6-9,14,18H,2-5,10-13H2,1H3. The van der Waals surface area contributed by atoms with E-state index in [1.54, 1.807) is 0 Å². The molecule has 1 saturated heterocycles. The molecule has 1 fully saturated rings. The number of hydrogen-bond donors (Lipinski definition) is 0. The number of unbranched alkanes of at least 4 members (excludes halogenated alkanes) is 1. The van der Waals surface area contributed by atoms with Gasteiger partial charge >= 0.3 is 0 Å². The summed E-state index contributed by atoms with van der Waals surface area (Å²) < 4.78 is 0. The Morgan fingerprint density at radius 3 is 2.50 bits per heavy atom. The Labute approximate surface area is 143 Å². The maximum absolute atomic E-state index is 6.01. The van der Waals surface area contributed by atoms with Gasteiger partial charge in [-0.2, -0.15) is 0 Å². The summed E-state index contributed by atoms with van der Waals surface area (Å²) in [5.74, 6) is 0. The van der Waals surface area contributed by atoms with Crippen LogP contribution in [0.4, 0.5) is 0 Å². The number of benzene rings is 1. The molecule has 1 unspecified atom stereocenters. The first-order valence-electron chi connectivity index (χ1n) is 8.31. The van der Waals surface area contributed by atoms with E-state index < -0.39 is 0 Å². The minimum absolute atomic E-state index is 0.420. The second-order valence-corrected chi connectivity index (χ2v) is 7.64. The molecule has 0 bridgehead atoms. The van der Waals surface area contributed by atoms with Gasteiger partial charge in [-0.15, -0.1) is 11.8 Å². The van der Waals surface area contributed by atoms with Crippen molar-refractivity contribution >= 4 is 23.4 Å². The predicted octanol–water partition coefficient (Wildman–Crippen LogP) is 5.12. The molecule has 1 aromatic carbocycles. The average Bonchev–Trinajstić information content (AvgIpc) is 3.15. The lowest BCUT2D eigenvalue weighted by atomic mass is 10.2. The van der Waals surface area contributed by atoms with E-state index in [2.05, 4.69) is 34.3 Å². The molecule has 22 heavy (non-hydrogen) atoms. The fourth-order valence-electron chi connectivity index (χ4n) is 3.29. The van der Waals surface area contributed by atoms with E-state index in [9.17, 15) is 0 Å². The SMILES string of the molecule is CC1=CSC(c2ccc(Cl)cc2)N1CCCCN1CCCC1. The molecule has 0 radical (unpaired) electrons. The van der Waals surface area contributed by atoms with Crippen molar-refractivity contribution in [3.8, 4) is 0 Å². The Kier molecular flexibility index (Phi) is 5.72. The molecule has 0 spiro atoms. The van der Waals surface area contributed by atoms with Gasteiger partial charge in [-0.1, -0.05) is 23.7 Å². The first-order chi connectivity index (χ1) is 10.7. The molecule has 0 amide bonds. The molecule has 2 heterocycles. The number of thioether (sulfide) groups is 1. The van der Waals surface area contributed by atoms with Gasteiger partial charge in [-0.05, 0) is 75.3 Å². The van der Waals surface area contributed by atoms with Crippen molar-refractivity contribution in [3.63, 3.8) is 0 Å². The largest absolute Gasteiger partial charge is 0.358 e. The number of allylic oxidation sites excluding steroid dienone is 1. The summed E-state index contributed by atoms with van der Waals surface area (Å²) in [4.78, 5) is 5.15. The smallest absolute Gasteiger partial charge is 0.104 e. The van der Waals surface area contributed by atoms with Crippen LogP contribution in [-0.4, -0.2) is 36.0 Å². The Morgan fingerprint density at radius 1 is 1.09 bits per heavy atom. The molecular weight excluding hydrogens is 312 g/mol. The fourth-order valence-corrected chi connectivity index (χ4v) is 4.61. The van der Waals surface area contributed by atoms with Crippen molar-refractivity contribution in [1.29, 1.82) is 0 Å². The summed E-state index contributed by atoms with van der Waals surface area (Å²) in [6.07, 6.45) is 5.36. The van der Waals surface area contributed by atoms with Gasteiger partial charge in [0.25, 0.3) is 0 Å². The van der Waals surface area contributed by atoms with Gasteiger partial charge in [0.1, 0.15) is 5.37 Å². The summed E-state index contributed by atoms with van der Waals surface area (Å²) in [5, 5.41) is 3.53. The van der Waals surface area contributed by atoms with Crippen molar-refractivity contribution in [2.24, 2.45) is 0 Å². The lowest BCUT2D eigenvalue weighted by Crippen LogP contribution is -2.25. The molecule has 0 N–H and O–H groups in total. The average molecular weight is 337 g/mol. The van der Waals surface area contributed by atoms with E-state index in [1.165, 1.54) is 56.6 Å². The summed E-state index contributed by atoms with van der Waals surface area (Å²) in [7, 11) is 0. The Bertz CT molecular complexity index is 508. The zero-order chi connectivity index (χ0) is 15.4. The van der Waals surface area contributed by atoms with Crippen LogP contribution in [0.1, 0.15) is 43.5 Å². The second-order valence-electron chi connectivity index (χ2n) is 6.25.